The minimum absolute atomic E-state index is 0.420. The molecule has 3 saturated carbocycles. The fourth-order valence-electron chi connectivity index (χ4n) is 5.81. The summed E-state index contributed by atoms with van der Waals surface area (Å²) in [5.74, 6) is 0.936. The van der Waals surface area contributed by atoms with Gasteiger partial charge in [0.1, 0.15) is 0 Å². The predicted molar refractivity (Wildman–Crippen MR) is 88.2 cm³/mol. The maximum atomic E-state index is 6.74. The Morgan fingerprint density at radius 1 is 0.750 bits per heavy atom. The van der Waals surface area contributed by atoms with E-state index in [1.807, 2.05) is 0 Å². The maximum Gasteiger partial charge on any atom is 0.0341 e. The van der Waals surface area contributed by atoms with Crippen LogP contribution in [0.4, 0.5) is 0 Å². The molecule has 0 aliphatic heterocycles. The van der Waals surface area contributed by atoms with Crippen molar-refractivity contribution in [2.75, 3.05) is 0 Å². The van der Waals surface area contributed by atoms with Crippen molar-refractivity contribution in [2.45, 2.75) is 96.8 Å². The van der Waals surface area contributed by atoms with Crippen molar-refractivity contribution in [3.8, 4) is 0 Å². The molecule has 0 nitrogen and oxygen atoms in total. The first-order chi connectivity index (χ1) is 9.37. The first-order valence-electron chi connectivity index (χ1n) is 9.01. The third-order valence-corrected chi connectivity index (χ3v) is 8.34. The van der Waals surface area contributed by atoms with Crippen LogP contribution in [-0.2, 0) is 0 Å². The molecule has 0 aromatic rings. The van der Waals surface area contributed by atoms with Gasteiger partial charge in [0.2, 0.25) is 0 Å². The molecule has 0 amide bonds. The van der Waals surface area contributed by atoms with Gasteiger partial charge in [-0.25, -0.2) is 0 Å². The molecule has 0 heterocycles. The highest BCUT2D eigenvalue weighted by Gasteiger charge is 2.50. The first kappa shape index (κ1) is 15.2. The fourth-order valence-corrected chi connectivity index (χ4v) is 6.28. The molecule has 1 heteroatoms. The van der Waals surface area contributed by atoms with Crippen LogP contribution < -0.4 is 0 Å². The molecule has 4 bridgehead atoms. The van der Waals surface area contributed by atoms with Crippen LogP contribution in [0.5, 0.6) is 0 Å². The molecule has 0 N–H and O–H groups in total. The molecular weight excluding hydrogens is 264 g/mol. The fraction of sp³-hybridized carbons (Fsp3) is 1.00. The Bertz CT molecular complexity index is 365. The SMILES string of the molecule is CC12CCC(C)(CCC(Cl)C1)C1(C)CCCCC2CC1. The minimum atomic E-state index is 0.420. The second-order valence-corrected chi connectivity index (χ2v) is 9.71. The summed E-state index contributed by atoms with van der Waals surface area (Å²) in [7, 11) is 0. The third-order valence-electron chi connectivity index (χ3n) is 7.96. The number of rotatable bonds is 0. The van der Waals surface area contributed by atoms with Crippen LogP contribution in [0.2, 0.25) is 0 Å². The van der Waals surface area contributed by atoms with Crippen LogP contribution in [0.3, 0.4) is 0 Å². The lowest BCUT2D eigenvalue weighted by Crippen LogP contribution is -2.46. The Morgan fingerprint density at radius 2 is 1.45 bits per heavy atom. The molecule has 3 rings (SSSR count). The van der Waals surface area contributed by atoms with E-state index in [0.29, 0.717) is 21.6 Å². The standard InChI is InChI=1S/C19H33Cl/c1-17-12-13-19(3,11-8-16(20)14-17)18(2)9-5-4-6-15(17)7-10-18/h15-16H,4-14H2,1-3H3. The number of hydrogen-bond acceptors (Lipinski definition) is 0. The molecule has 0 spiro atoms. The highest BCUT2D eigenvalue weighted by atomic mass is 35.5. The maximum absolute atomic E-state index is 6.74. The summed E-state index contributed by atoms with van der Waals surface area (Å²) in [5, 5.41) is 0.420. The zero-order chi connectivity index (χ0) is 14.4. The van der Waals surface area contributed by atoms with Crippen molar-refractivity contribution >= 4 is 11.6 Å². The molecule has 116 valence electrons. The summed E-state index contributed by atoms with van der Waals surface area (Å²) >= 11 is 6.74. The zero-order valence-electron chi connectivity index (χ0n) is 13.8. The molecule has 0 radical (unpaired) electrons. The third kappa shape index (κ3) is 2.44. The predicted octanol–water partition coefficient (Wildman–Crippen LogP) is 6.56. The number of alkyl halides is 1. The van der Waals surface area contributed by atoms with Crippen LogP contribution in [0, 0.1) is 22.2 Å². The van der Waals surface area contributed by atoms with Crippen molar-refractivity contribution < 1.29 is 0 Å². The van der Waals surface area contributed by atoms with Gasteiger partial charge in [0.05, 0.1) is 0 Å². The van der Waals surface area contributed by atoms with Crippen molar-refractivity contribution in [1.29, 1.82) is 0 Å². The van der Waals surface area contributed by atoms with E-state index >= 15 is 0 Å². The van der Waals surface area contributed by atoms with Gasteiger partial charge in [-0.3, -0.25) is 0 Å². The van der Waals surface area contributed by atoms with E-state index in [9.17, 15) is 0 Å². The van der Waals surface area contributed by atoms with Crippen LogP contribution >= 0.6 is 11.6 Å². The van der Waals surface area contributed by atoms with Crippen molar-refractivity contribution in [3.63, 3.8) is 0 Å². The molecule has 0 aromatic heterocycles. The second-order valence-electron chi connectivity index (χ2n) is 9.10. The monoisotopic (exact) mass is 296 g/mol. The molecule has 3 aliphatic rings. The van der Waals surface area contributed by atoms with Crippen molar-refractivity contribution in [1.82, 2.24) is 0 Å². The van der Waals surface area contributed by atoms with Crippen molar-refractivity contribution in [2.24, 2.45) is 22.2 Å². The topological polar surface area (TPSA) is 0 Å². The Kier molecular flexibility index (Phi) is 3.94. The summed E-state index contributed by atoms with van der Waals surface area (Å²) in [6, 6.07) is 0. The molecule has 0 saturated heterocycles. The van der Waals surface area contributed by atoms with Gasteiger partial charge in [-0.2, -0.15) is 0 Å². The van der Waals surface area contributed by atoms with Crippen LogP contribution in [0.15, 0.2) is 0 Å². The molecule has 3 fully saturated rings. The molecule has 5 unspecified atom stereocenters. The van der Waals surface area contributed by atoms with Gasteiger partial charge in [-0.1, -0.05) is 33.6 Å². The van der Waals surface area contributed by atoms with E-state index in [0.717, 1.165) is 5.92 Å². The van der Waals surface area contributed by atoms with Crippen LogP contribution in [0.1, 0.15) is 91.4 Å². The summed E-state index contributed by atoms with van der Waals surface area (Å²) in [5.41, 5.74) is 1.62. The first-order valence-corrected chi connectivity index (χ1v) is 9.45. The van der Waals surface area contributed by atoms with E-state index in [1.165, 1.54) is 70.6 Å². The average Bonchev–Trinajstić information content (AvgIpc) is 2.37. The van der Waals surface area contributed by atoms with Gasteiger partial charge in [-0.05, 0) is 80.0 Å². The summed E-state index contributed by atoms with van der Waals surface area (Å²) < 4.78 is 0. The van der Waals surface area contributed by atoms with Gasteiger partial charge < -0.3 is 0 Å². The molecule has 5 atom stereocenters. The summed E-state index contributed by atoms with van der Waals surface area (Å²) in [6.45, 7) is 7.79. The number of fused-ring (bicyclic) bond motifs is 8. The Labute approximate surface area is 131 Å². The summed E-state index contributed by atoms with van der Waals surface area (Å²) in [6.07, 6.45) is 15.5. The van der Waals surface area contributed by atoms with E-state index in [4.69, 9.17) is 11.6 Å². The number of hydrogen-bond donors (Lipinski definition) is 0. The second kappa shape index (κ2) is 5.18. The van der Waals surface area contributed by atoms with E-state index in [1.54, 1.807) is 0 Å². The van der Waals surface area contributed by atoms with Crippen LogP contribution in [0.25, 0.3) is 0 Å². The zero-order valence-corrected chi connectivity index (χ0v) is 14.6. The highest BCUT2D eigenvalue weighted by Crippen LogP contribution is 2.61. The lowest BCUT2D eigenvalue weighted by atomic mass is 9.49. The highest BCUT2D eigenvalue weighted by molar-refractivity contribution is 6.20. The molecular formula is C19H33Cl. The Balaban J connectivity index is 2.02. The van der Waals surface area contributed by atoms with Crippen LogP contribution in [-0.4, -0.2) is 5.38 Å². The Morgan fingerprint density at radius 3 is 2.25 bits per heavy atom. The lowest BCUT2D eigenvalue weighted by Gasteiger charge is -2.56. The lowest BCUT2D eigenvalue weighted by molar-refractivity contribution is -0.0498. The van der Waals surface area contributed by atoms with Gasteiger partial charge in [0.25, 0.3) is 0 Å². The van der Waals surface area contributed by atoms with Gasteiger partial charge in [-0.15, -0.1) is 11.6 Å². The summed E-state index contributed by atoms with van der Waals surface area (Å²) in [4.78, 5) is 0. The molecule has 0 aromatic carbocycles. The van der Waals surface area contributed by atoms with E-state index in [-0.39, 0.29) is 0 Å². The molecule has 3 aliphatic carbocycles. The van der Waals surface area contributed by atoms with Gasteiger partial charge in [0, 0.05) is 5.38 Å². The largest absolute Gasteiger partial charge is 0.123 e. The Hall–Kier alpha value is 0.290. The number of halogens is 1. The average molecular weight is 297 g/mol. The van der Waals surface area contributed by atoms with E-state index in [2.05, 4.69) is 20.8 Å². The molecule has 20 heavy (non-hydrogen) atoms. The minimum Gasteiger partial charge on any atom is -0.123 e. The quantitative estimate of drug-likeness (QED) is 0.351. The normalized spacial score (nSPS) is 53.4. The van der Waals surface area contributed by atoms with Gasteiger partial charge >= 0.3 is 0 Å². The smallest absolute Gasteiger partial charge is 0.0341 e. The van der Waals surface area contributed by atoms with Gasteiger partial charge in [0.15, 0.2) is 0 Å². The van der Waals surface area contributed by atoms with E-state index < -0.39 is 0 Å². The van der Waals surface area contributed by atoms with Crippen molar-refractivity contribution in [3.05, 3.63) is 0 Å².